The Labute approximate surface area is 193 Å². The number of anilines is 2. The number of ether oxygens (including phenoxy) is 1. The summed E-state index contributed by atoms with van der Waals surface area (Å²) in [6.45, 7) is 8.27. The lowest BCUT2D eigenvalue weighted by molar-refractivity contribution is -0.157. The lowest BCUT2D eigenvalue weighted by Crippen LogP contribution is -2.61. The third kappa shape index (κ3) is 4.89. The van der Waals surface area contributed by atoms with Crippen LogP contribution in [-0.4, -0.2) is 41.4 Å². The number of carbonyl (C=O) groups is 4. The van der Waals surface area contributed by atoms with Gasteiger partial charge in [0.2, 0.25) is 5.91 Å². The summed E-state index contributed by atoms with van der Waals surface area (Å²) in [4.78, 5) is 52.8. The van der Waals surface area contributed by atoms with Crippen molar-refractivity contribution in [3.8, 4) is 0 Å². The third-order valence-electron chi connectivity index (χ3n) is 5.61. The first kappa shape index (κ1) is 24.0. The van der Waals surface area contributed by atoms with E-state index in [-0.39, 0.29) is 11.8 Å². The number of nitrogens with one attached hydrogen (secondary N) is 2. The normalized spacial score (nSPS) is 16.3. The van der Waals surface area contributed by atoms with E-state index in [1.807, 2.05) is 0 Å². The fourth-order valence-corrected chi connectivity index (χ4v) is 3.64. The molecule has 3 amide bonds. The maximum Gasteiger partial charge on any atom is 0.329 e. The molecular formula is C25H29N3O5. The van der Waals surface area contributed by atoms with Crippen molar-refractivity contribution >= 4 is 35.1 Å². The van der Waals surface area contributed by atoms with E-state index in [1.165, 1.54) is 11.8 Å². The molecule has 0 bridgehead atoms. The van der Waals surface area contributed by atoms with E-state index in [4.69, 9.17) is 4.74 Å². The van der Waals surface area contributed by atoms with Gasteiger partial charge in [-0.3, -0.25) is 19.3 Å². The van der Waals surface area contributed by atoms with E-state index in [0.29, 0.717) is 16.9 Å². The van der Waals surface area contributed by atoms with Gasteiger partial charge in [0.25, 0.3) is 11.8 Å². The highest BCUT2D eigenvalue weighted by Crippen LogP contribution is 2.37. The van der Waals surface area contributed by atoms with Gasteiger partial charge in [0.1, 0.15) is 11.6 Å². The zero-order chi connectivity index (χ0) is 24.3. The lowest BCUT2D eigenvalue weighted by Gasteiger charge is -2.42. The molecule has 2 aromatic rings. The summed E-state index contributed by atoms with van der Waals surface area (Å²) in [5.74, 6) is -2.28. The number of fused-ring (bicyclic) bond motifs is 1. The van der Waals surface area contributed by atoms with Crippen molar-refractivity contribution in [1.29, 1.82) is 0 Å². The van der Waals surface area contributed by atoms with Crippen molar-refractivity contribution in [3.05, 3.63) is 60.2 Å². The number of para-hydroxylation sites is 2. The summed E-state index contributed by atoms with van der Waals surface area (Å²) in [7, 11) is 0. The summed E-state index contributed by atoms with van der Waals surface area (Å²) in [6, 6.07) is 14.5. The molecule has 0 radical (unpaired) electrons. The average molecular weight is 452 g/mol. The van der Waals surface area contributed by atoms with Crippen LogP contribution in [0, 0.1) is 5.92 Å². The first-order valence-electron chi connectivity index (χ1n) is 10.8. The molecule has 3 rings (SSSR count). The van der Waals surface area contributed by atoms with E-state index in [9.17, 15) is 19.2 Å². The molecule has 0 aromatic heterocycles. The number of amides is 3. The van der Waals surface area contributed by atoms with Crippen LogP contribution in [-0.2, 0) is 19.1 Å². The Morgan fingerprint density at radius 2 is 1.58 bits per heavy atom. The molecule has 33 heavy (non-hydrogen) atoms. The van der Waals surface area contributed by atoms with E-state index < -0.39 is 35.5 Å². The Morgan fingerprint density at radius 3 is 2.21 bits per heavy atom. The molecule has 8 nitrogen and oxygen atoms in total. The van der Waals surface area contributed by atoms with Crippen LogP contribution in [0.15, 0.2) is 54.6 Å². The number of hydrogen-bond donors (Lipinski definition) is 2. The minimum atomic E-state index is -1.19. The quantitative estimate of drug-likeness (QED) is 0.657. The minimum absolute atomic E-state index is 0.273. The van der Waals surface area contributed by atoms with Gasteiger partial charge in [0, 0.05) is 5.56 Å². The third-order valence-corrected chi connectivity index (χ3v) is 5.61. The van der Waals surface area contributed by atoms with Gasteiger partial charge >= 0.3 is 5.97 Å². The summed E-state index contributed by atoms with van der Waals surface area (Å²) >= 11 is 0. The van der Waals surface area contributed by atoms with Gasteiger partial charge in [-0.15, -0.1) is 0 Å². The highest BCUT2D eigenvalue weighted by molar-refractivity contribution is 6.15. The number of carbonyl (C=O) groups excluding carboxylic acids is 4. The predicted octanol–water partition coefficient (Wildman–Crippen LogP) is 3.14. The Kier molecular flexibility index (Phi) is 6.86. The van der Waals surface area contributed by atoms with E-state index in [2.05, 4.69) is 10.6 Å². The van der Waals surface area contributed by atoms with Crippen molar-refractivity contribution in [2.24, 2.45) is 5.92 Å². The molecule has 1 aliphatic heterocycles. The second-order valence-electron chi connectivity index (χ2n) is 8.84. The van der Waals surface area contributed by atoms with Crippen LogP contribution in [0.5, 0.6) is 0 Å². The smallest absolute Gasteiger partial charge is 0.329 e. The maximum absolute atomic E-state index is 13.4. The van der Waals surface area contributed by atoms with E-state index in [0.717, 1.165) is 0 Å². The number of hydrogen-bond acceptors (Lipinski definition) is 5. The number of rotatable bonds is 6. The van der Waals surface area contributed by atoms with Gasteiger partial charge in [-0.2, -0.15) is 0 Å². The summed E-state index contributed by atoms with van der Waals surface area (Å²) in [5, 5.41) is 5.49. The first-order valence-corrected chi connectivity index (χ1v) is 10.8. The SMILES string of the molecule is CC(C)[C@@H](NC(=O)c1ccccc1)C(=O)O[C@@H](C)C(=O)N1c2ccccc2NC(=O)C1(C)C. The predicted molar refractivity (Wildman–Crippen MR) is 125 cm³/mol. The lowest BCUT2D eigenvalue weighted by atomic mass is 9.95. The van der Waals surface area contributed by atoms with Gasteiger partial charge in [-0.05, 0) is 51.0 Å². The topological polar surface area (TPSA) is 105 Å². The molecule has 2 N–H and O–H groups in total. The van der Waals surface area contributed by atoms with E-state index in [1.54, 1.807) is 82.3 Å². The van der Waals surface area contributed by atoms with Crippen LogP contribution in [0.25, 0.3) is 0 Å². The molecule has 0 aliphatic carbocycles. The standard InChI is InChI=1S/C25H29N3O5/c1-15(2)20(27-21(29)17-11-7-6-8-12-17)23(31)33-16(3)22(30)28-19-14-10-9-13-18(19)26-24(32)25(28,4)5/h6-16,20H,1-5H3,(H,26,32)(H,27,29)/t16-,20+/m0/s1. The molecule has 0 unspecified atom stereocenters. The molecule has 8 heteroatoms. The molecule has 1 aliphatic rings. The van der Waals surface area contributed by atoms with Crippen LogP contribution in [0.3, 0.4) is 0 Å². The van der Waals surface area contributed by atoms with Gasteiger partial charge in [0.05, 0.1) is 11.4 Å². The average Bonchev–Trinajstić information content (AvgIpc) is 2.77. The van der Waals surface area contributed by atoms with Gasteiger partial charge in [-0.1, -0.05) is 44.2 Å². The van der Waals surface area contributed by atoms with Crippen LogP contribution in [0.2, 0.25) is 0 Å². The second kappa shape index (κ2) is 9.44. The zero-order valence-electron chi connectivity index (χ0n) is 19.4. The van der Waals surface area contributed by atoms with Crippen molar-refractivity contribution in [2.75, 3.05) is 10.2 Å². The highest BCUT2D eigenvalue weighted by atomic mass is 16.5. The van der Waals surface area contributed by atoms with E-state index >= 15 is 0 Å². The number of nitrogens with zero attached hydrogens (tertiary/aromatic N) is 1. The molecule has 0 spiro atoms. The largest absolute Gasteiger partial charge is 0.451 e. The molecule has 1 heterocycles. The Morgan fingerprint density at radius 1 is 0.970 bits per heavy atom. The molecule has 174 valence electrons. The molecule has 0 saturated carbocycles. The maximum atomic E-state index is 13.4. The van der Waals surface area contributed by atoms with Crippen molar-refractivity contribution < 1.29 is 23.9 Å². The van der Waals surface area contributed by atoms with Crippen molar-refractivity contribution in [1.82, 2.24) is 5.32 Å². The summed E-state index contributed by atoms with van der Waals surface area (Å²) in [6.07, 6.45) is -1.18. The second-order valence-corrected chi connectivity index (χ2v) is 8.84. The van der Waals surface area contributed by atoms with Crippen molar-refractivity contribution in [3.63, 3.8) is 0 Å². The van der Waals surface area contributed by atoms with Crippen molar-refractivity contribution in [2.45, 2.75) is 52.3 Å². The monoisotopic (exact) mass is 451 g/mol. The fraction of sp³-hybridized carbons (Fsp3) is 0.360. The van der Waals surface area contributed by atoms with Gasteiger partial charge < -0.3 is 15.4 Å². The Bertz CT molecular complexity index is 1060. The number of esters is 1. The molecule has 2 aromatic carbocycles. The van der Waals surface area contributed by atoms with Crippen LogP contribution in [0.1, 0.15) is 45.0 Å². The van der Waals surface area contributed by atoms with Crippen LogP contribution < -0.4 is 15.5 Å². The molecule has 0 fully saturated rings. The van der Waals surface area contributed by atoms with Crippen LogP contribution >= 0.6 is 0 Å². The van der Waals surface area contributed by atoms with Gasteiger partial charge in [0.15, 0.2) is 6.10 Å². The van der Waals surface area contributed by atoms with Crippen LogP contribution in [0.4, 0.5) is 11.4 Å². The summed E-state index contributed by atoms with van der Waals surface area (Å²) in [5.41, 5.74) is 0.250. The summed E-state index contributed by atoms with van der Waals surface area (Å²) < 4.78 is 5.49. The van der Waals surface area contributed by atoms with Gasteiger partial charge in [-0.25, -0.2) is 4.79 Å². The highest BCUT2D eigenvalue weighted by Gasteiger charge is 2.45. The Hall–Kier alpha value is -3.68. The zero-order valence-corrected chi connectivity index (χ0v) is 19.4. The molecule has 0 saturated heterocycles. The fourth-order valence-electron chi connectivity index (χ4n) is 3.64. The molecular weight excluding hydrogens is 422 g/mol. The molecule has 2 atom stereocenters. The number of benzene rings is 2. The Balaban J connectivity index is 1.78. The first-order chi connectivity index (χ1) is 15.5. The minimum Gasteiger partial charge on any atom is -0.451 e.